The maximum Gasteiger partial charge on any atom is 0.242 e. The first-order valence-corrected chi connectivity index (χ1v) is 8.21. The molecule has 1 unspecified atom stereocenters. The number of nitrogens with one attached hydrogen (secondary N) is 1. The number of hydrogen-bond donors (Lipinski definition) is 2. The van der Waals surface area contributed by atoms with Gasteiger partial charge >= 0.3 is 0 Å². The molecule has 5 nitrogen and oxygen atoms in total. The van der Waals surface area contributed by atoms with Crippen LogP contribution in [0.3, 0.4) is 0 Å². The van der Waals surface area contributed by atoms with Crippen LogP contribution in [0.5, 0.6) is 0 Å². The predicted octanol–water partition coefficient (Wildman–Crippen LogP) is 1.79. The Balaban J connectivity index is 3.06. The van der Waals surface area contributed by atoms with Gasteiger partial charge in [0.2, 0.25) is 10.0 Å². The van der Waals surface area contributed by atoms with Crippen molar-refractivity contribution in [2.75, 3.05) is 26.4 Å². The molecule has 7 heteroatoms. The maximum absolute atomic E-state index is 12.4. The zero-order chi connectivity index (χ0) is 15.5. The Bertz CT molecular complexity index is 559. The van der Waals surface area contributed by atoms with E-state index in [-0.39, 0.29) is 22.5 Å². The molecular weight excluding hydrogens is 298 g/mol. The van der Waals surface area contributed by atoms with Crippen LogP contribution in [0.15, 0.2) is 23.1 Å². The van der Waals surface area contributed by atoms with Crippen LogP contribution in [-0.2, 0) is 10.0 Å². The van der Waals surface area contributed by atoms with Gasteiger partial charge in [0.25, 0.3) is 0 Å². The third-order valence-corrected chi connectivity index (χ3v) is 4.72. The fraction of sp³-hybridized carbons (Fsp3) is 0.538. The highest BCUT2D eigenvalue weighted by Gasteiger charge is 2.24. The maximum atomic E-state index is 12.4. The molecule has 0 radical (unpaired) electrons. The van der Waals surface area contributed by atoms with E-state index in [0.717, 1.165) is 0 Å². The predicted molar refractivity (Wildman–Crippen MR) is 83.4 cm³/mol. The molecule has 0 saturated heterocycles. The van der Waals surface area contributed by atoms with Crippen LogP contribution in [-0.4, -0.2) is 40.0 Å². The highest BCUT2D eigenvalue weighted by Crippen LogP contribution is 2.23. The Morgan fingerprint density at radius 1 is 1.35 bits per heavy atom. The fourth-order valence-corrected chi connectivity index (χ4v) is 3.55. The second-order valence-corrected chi connectivity index (χ2v) is 7.54. The van der Waals surface area contributed by atoms with Crippen molar-refractivity contribution in [1.29, 1.82) is 0 Å². The van der Waals surface area contributed by atoms with Crippen molar-refractivity contribution in [2.24, 2.45) is 5.92 Å². The quantitative estimate of drug-likeness (QED) is 0.784. The normalized spacial score (nSPS) is 13.9. The summed E-state index contributed by atoms with van der Waals surface area (Å²) in [4.78, 5) is 1.96. The lowest BCUT2D eigenvalue weighted by molar-refractivity contribution is 0.314. The minimum atomic E-state index is -3.69. The number of anilines is 1. The van der Waals surface area contributed by atoms with Crippen molar-refractivity contribution in [3.8, 4) is 0 Å². The summed E-state index contributed by atoms with van der Waals surface area (Å²) in [6.45, 7) is 4.55. The molecule has 1 aromatic rings. The smallest absolute Gasteiger partial charge is 0.242 e. The van der Waals surface area contributed by atoms with E-state index < -0.39 is 10.0 Å². The lowest BCUT2D eigenvalue weighted by Crippen LogP contribution is -2.45. The zero-order valence-corrected chi connectivity index (χ0v) is 13.8. The highest BCUT2D eigenvalue weighted by molar-refractivity contribution is 7.89. The summed E-state index contributed by atoms with van der Waals surface area (Å²) in [6.07, 6.45) is 0. The fourth-order valence-electron chi connectivity index (χ4n) is 1.78. The molecular formula is C13H22ClN3O2S. The number of halogens is 1. The second kappa shape index (κ2) is 6.76. The molecule has 20 heavy (non-hydrogen) atoms. The first kappa shape index (κ1) is 17.2. The van der Waals surface area contributed by atoms with Gasteiger partial charge in [0.1, 0.15) is 4.90 Å². The molecule has 0 bridgehead atoms. The van der Waals surface area contributed by atoms with Crippen molar-refractivity contribution >= 4 is 27.3 Å². The topological polar surface area (TPSA) is 75.4 Å². The zero-order valence-electron chi connectivity index (χ0n) is 12.2. The molecule has 0 aliphatic heterocycles. The first-order valence-electron chi connectivity index (χ1n) is 6.35. The minimum absolute atomic E-state index is 0.0226. The van der Waals surface area contributed by atoms with E-state index in [1.165, 1.54) is 12.1 Å². The van der Waals surface area contributed by atoms with E-state index in [9.17, 15) is 8.42 Å². The molecule has 0 aliphatic rings. The van der Waals surface area contributed by atoms with E-state index in [1.54, 1.807) is 6.07 Å². The van der Waals surface area contributed by atoms with E-state index in [2.05, 4.69) is 4.72 Å². The summed E-state index contributed by atoms with van der Waals surface area (Å²) < 4.78 is 27.6. The van der Waals surface area contributed by atoms with Crippen LogP contribution in [0.4, 0.5) is 5.69 Å². The molecule has 114 valence electrons. The molecule has 0 amide bonds. The summed E-state index contributed by atoms with van der Waals surface area (Å²) in [5, 5.41) is 0.341. The molecule has 0 saturated carbocycles. The van der Waals surface area contributed by atoms with Gasteiger partial charge in [-0.3, -0.25) is 0 Å². The lowest BCUT2D eigenvalue weighted by Gasteiger charge is -2.25. The molecule has 0 aromatic heterocycles. The van der Waals surface area contributed by atoms with E-state index in [1.807, 2.05) is 32.8 Å². The van der Waals surface area contributed by atoms with Gasteiger partial charge in [0.05, 0.1) is 5.69 Å². The monoisotopic (exact) mass is 319 g/mol. The molecule has 0 fully saturated rings. The van der Waals surface area contributed by atoms with Crippen LogP contribution >= 0.6 is 11.6 Å². The second-order valence-electron chi connectivity index (χ2n) is 5.42. The third kappa shape index (κ3) is 4.63. The molecule has 0 heterocycles. The summed E-state index contributed by atoms with van der Waals surface area (Å²) in [5.41, 5.74) is 5.93. The molecule has 0 aliphatic carbocycles. The van der Waals surface area contributed by atoms with Gasteiger partial charge in [-0.1, -0.05) is 25.4 Å². The van der Waals surface area contributed by atoms with Crippen LogP contribution in [0.1, 0.15) is 13.8 Å². The highest BCUT2D eigenvalue weighted by atomic mass is 35.5. The SMILES string of the molecule is CC(C)C(CN(C)C)NS(=O)(=O)c1cc(Cl)ccc1N. The van der Waals surface area contributed by atoms with Gasteiger partial charge < -0.3 is 10.6 Å². The number of hydrogen-bond acceptors (Lipinski definition) is 4. The number of likely N-dealkylation sites (N-methyl/N-ethyl adjacent to an activating group) is 1. The summed E-state index contributed by atoms with van der Waals surface area (Å²) in [5.74, 6) is 0.160. The average molecular weight is 320 g/mol. The number of nitrogen functional groups attached to an aromatic ring is 1. The number of benzene rings is 1. The molecule has 1 aromatic carbocycles. The van der Waals surface area contributed by atoms with Gasteiger partial charge in [-0.15, -0.1) is 0 Å². The van der Waals surface area contributed by atoms with Crippen LogP contribution < -0.4 is 10.5 Å². The van der Waals surface area contributed by atoms with Crippen molar-refractivity contribution in [3.63, 3.8) is 0 Å². The Morgan fingerprint density at radius 3 is 2.45 bits per heavy atom. The molecule has 0 spiro atoms. The molecule has 1 rings (SSSR count). The van der Waals surface area contributed by atoms with Crippen molar-refractivity contribution in [2.45, 2.75) is 24.8 Å². The average Bonchev–Trinajstić information content (AvgIpc) is 2.30. The van der Waals surface area contributed by atoms with Crippen molar-refractivity contribution in [3.05, 3.63) is 23.2 Å². The standard InChI is InChI=1S/C13H22ClN3O2S/c1-9(2)12(8-17(3)4)16-20(18,19)13-7-10(14)5-6-11(13)15/h5-7,9,12,16H,8,15H2,1-4H3. The summed E-state index contributed by atoms with van der Waals surface area (Å²) >= 11 is 5.85. The largest absolute Gasteiger partial charge is 0.398 e. The Morgan fingerprint density at radius 2 is 1.95 bits per heavy atom. The summed E-state index contributed by atoms with van der Waals surface area (Å²) in [6, 6.07) is 4.23. The number of rotatable bonds is 6. The first-order chi connectivity index (χ1) is 9.13. The Hall–Kier alpha value is -0.820. The van der Waals surface area contributed by atoms with Crippen LogP contribution in [0, 0.1) is 5.92 Å². The van der Waals surface area contributed by atoms with Gasteiger partial charge in [0, 0.05) is 17.6 Å². The Labute approximate surface area is 126 Å². The third-order valence-electron chi connectivity index (χ3n) is 2.94. The van der Waals surface area contributed by atoms with E-state index in [4.69, 9.17) is 17.3 Å². The number of nitrogens with zero attached hydrogens (tertiary/aromatic N) is 1. The summed E-state index contributed by atoms with van der Waals surface area (Å²) in [7, 11) is 0.111. The minimum Gasteiger partial charge on any atom is -0.398 e. The van der Waals surface area contributed by atoms with Gasteiger partial charge in [0.15, 0.2) is 0 Å². The van der Waals surface area contributed by atoms with Gasteiger partial charge in [-0.2, -0.15) is 0 Å². The van der Waals surface area contributed by atoms with Crippen molar-refractivity contribution in [1.82, 2.24) is 9.62 Å². The van der Waals surface area contributed by atoms with Crippen molar-refractivity contribution < 1.29 is 8.42 Å². The lowest BCUT2D eigenvalue weighted by atomic mass is 10.1. The van der Waals surface area contributed by atoms with E-state index >= 15 is 0 Å². The molecule has 3 N–H and O–H groups in total. The molecule has 1 atom stereocenters. The Kier molecular flexibility index (Phi) is 5.82. The van der Waals surface area contributed by atoms with Gasteiger partial charge in [-0.05, 0) is 38.2 Å². The number of nitrogens with two attached hydrogens (primary N) is 1. The van der Waals surface area contributed by atoms with Gasteiger partial charge in [-0.25, -0.2) is 13.1 Å². The van der Waals surface area contributed by atoms with Crippen LogP contribution in [0.25, 0.3) is 0 Å². The van der Waals surface area contributed by atoms with E-state index in [0.29, 0.717) is 11.6 Å². The number of sulfonamides is 1. The van der Waals surface area contributed by atoms with Crippen LogP contribution in [0.2, 0.25) is 5.02 Å².